The van der Waals surface area contributed by atoms with Gasteiger partial charge < -0.3 is 4.74 Å². The van der Waals surface area contributed by atoms with E-state index in [4.69, 9.17) is 4.74 Å². The van der Waals surface area contributed by atoms with Gasteiger partial charge in [0, 0.05) is 6.54 Å². The van der Waals surface area contributed by atoms with Crippen molar-refractivity contribution in [2.24, 2.45) is 4.99 Å². The Bertz CT molecular complexity index is 116. The summed E-state index contributed by atoms with van der Waals surface area (Å²) >= 11 is 0. The normalized spacial score (nSPS) is 12.6. The molecule has 0 aromatic carbocycles. The average molecular weight is 127 g/mol. The van der Waals surface area contributed by atoms with E-state index in [2.05, 4.69) is 4.99 Å². The van der Waals surface area contributed by atoms with Gasteiger partial charge in [-0.1, -0.05) is 6.08 Å². The standard InChI is InChI=1S/C7H13NO/c1-4-6-7(9-3)8-5-2/h4,6H,5H2,1-3H3/b6-4-,8-7?. The number of hydrogen-bond donors (Lipinski definition) is 0. The molecule has 0 fully saturated rings. The van der Waals surface area contributed by atoms with Crippen molar-refractivity contribution in [1.82, 2.24) is 0 Å². The zero-order valence-electron chi connectivity index (χ0n) is 6.22. The highest BCUT2D eigenvalue weighted by atomic mass is 16.5. The zero-order valence-corrected chi connectivity index (χ0v) is 6.22. The fourth-order valence-corrected chi connectivity index (χ4v) is 0.484. The highest BCUT2D eigenvalue weighted by Gasteiger charge is 1.84. The van der Waals surface area contributed by atoms with Crippen LogP contribution in [0.25, 0.3) is 0 Å². The maximum absolute atomic E-state index is 4.89. The predicted molar refractivity (Wildman–Crippen MR) is 39.8 cm³/mol. The summed E-state index contributed by atoms with van der Waals surface area (Å²) in [7, 11) is 1.62. The number of allylic oxidation sites excluding steroid dienone is 1. The van der Waals surface area contributed by atoms with E-state index in [1.54, 1.807) is 7.11 Å². The van der Waals surface area contributed by atoms with Crippen molar-refractivity contribution in [3.8, 4) is 0 Å². The van der Waals surface area contributed by atoms with E-state index in [1.165, 1.54) is 0 Å². The average Bonchev–Trinajstić information content (AvgIpc) is 1.88. The lowest BCUT2D eigenvalue weighted by molar-refractivity contribution is 0.405. The number of aliphatic imine (C=N–C) groups is 1. The minimum Gasteiger partial charge on any atom is -0.481 e. The first-order valence-corrected chi connectivity index (χ1v) is 3.06. The van der Waals surface area contributed by atoms with Crippen LogP contribution < -0.4 is 0 Å². The van der Waals surface area contributed by atoms with Crippen molar-refractivity contribution in [3.05, 3.63) is 12.2 Å². The van der Waals surface area contributed by atoms with Crippen LogP contribution in [0.5, 0.6) is 0 Å². The Hall–Kier alpha value is -0.790. The van der Waals surface area contributed by atoms with Crippen LogP contribution in [0.15, 0.2) is 17.1 Å². The van der Waals surface area contributed by atoms with Crippen molar-refractivity contribution >= 4 is 5.90 Å². The summed E-state index contributed by atoms with van der Waals surface area (Å²) in [5.41, 5.74) is 0. The number of methoxy groups -OCH3 is 1. The van der Waals surface area contributed by atoms with Crippen LogP contribution in [0.1, 0.15) is 13.8 Å². The molecule has 0 aromatic heterocycles. The van der Waals surface area contributed by atoms with Crippen molar-refractivity contribution in [1.29, 1.82) is 0 Å². The first-order valence-electron chi connectivity index (χ1n) is 3.06. The molecular weight excluding hydrogens is 114 g/mol. The quantitative estimate of drug-likeness (QED) is 0.408. The molecule has 0 saturated carbocycles. The van der Waals surface area contributed by atoms with Gasteiger partial charge in [0.1, 0.15) is 0 Å². The molecule has 0 bridgehead atoms. The van der Waals surface area contributed by atoms with Crippen molar-refractivity contribution < 1.29 is 4.74 Å². The minimum atomic E-state index is 0.694. The van der Waals surface area contributed by atoms with Crippen LogP contribution in [-0.4, -0.2) is 19.6 Å². The summed E-state index contributed by atoms with van der Waals surface area (Å²) in [6.45, 7) is 4.68. The Morgan fingerprint density at radius 2 is 2.33 bits per heavy atom. The van der Waals surface area contributed by atoms with E-state index >= 15 is 0 Å². The second kappa shape index (κ2) is 5.35. The lowest BCUT2D eigenvalue weighted by Crippen LogP contribution is -1.96. The van der Waals surface area contributed by atoms with Gasteiger partial charge in [-0.2, -0.15) is 0 Å². The Morgan fingerprint density at radius 3 is 2.67 bits per heavy atom. The van der Waals surface area contributed by atoms with Crippen molar-refractivity contribution in [2.45, 2.75) is 13.8 Å². The van der Waals surface area contributed by atoms with E-state index in [0.29, 0.717) is 5.90 Å². The van der Waals surface area contributed by atoms with E-state index in [1.807, 2.05) is 26.0 Å². The molecule has 0 rings (SSSR count). The van der Waals surface area contributed by atoms with E-state index in [0.717, 1.165) is 6.54 Å². The maximum Gasteiger partial charge on any atom is 0.207 e. The topological polar surface area (TPSA) is 21.6 Å². The lowest BCUT2D eigenvalue weighted by Gasteiger charge is -1.95. The number of hydrogen-bond acceptors (Lipinski definition) is 2. The largest absolute Gasteiger partial charge is 0.481 e. The second-order valence-corrected chi connectivity index (χ2v) is 1.52. The van der Waals surface area contributed by atoms with E-state index in [-0.39, 0.29) is 0 Å². The number of ether oxygens (including phenoxy) is 1. The van der Waals surface area contributed by atoms with E-state index in [9.17, 15) is 0 Å². The fourth-order valence-electron chi connectivity index (χ4n) is 0.484. The Balaban J connectivity index is 3.81. The maximum atomic E-state index is 4.89. The van der Waals surface area contributed by atoms with Crippen LogP contribution in [-0.2, 0) is 4.74 Å². The molecule has 0 saturated heterocycles. The molecule has 52 valence electrons. The minimum absolute atomic E-state index is 0.694. The molecule has 0 amide bonds. The molecule has 0 heterocycles. The third-order valence-corrected chi connectivity index (χ3v) is 0.832. The molecule has 0 aliphatic heterocycles. The molecule has 2 heteroatoms. The summed E-state index contributed by atoms with van der Waals surface area (Å²) in [4.78, 5) is 4.04. The van der Waals surface area contributed by atoms with Crippen LogP contribution in [0.2, 0.25) is 0 Å². The van der Waals surface area contributed by atoms with Gasteiger partial charge >= 0.3 is 0 Å². The molecule has 0 aliphatic carbocycles. The zero-order chi connectivity index (χ0) is 7.11. The van der Waals surface area contributed by atoms with Gasteiger partial charge in [-0.3, -0.25) is 4.99 Å². The van der Waals surface area contributed by atoms with Crippen molar-refractivity contribution in [3.63, 3.8) is 0 Å². The van der Waals surface area contributed by atoms with Gasteiger partial charge in [0.05, 0.1) is 7.11 Å². The Labute approximate surface area is 56.2 Å². The number of rotatable bonds is 2. The molecule has 0 aliphatic rings. The molecule has 0 N–H and O–H groups in total. The molecule has 0 radical (unpaired) electrons. The third-order valence-electron chi connectivity index (χ3n) is 0.832. The monoisotopic (exact) mass is 127 g/mol. The molecule has 9 heavy (non-hydrogen) atoms. The molecular formula is C7H13NO. The van der Waals surface area contributed by atoms with Crippen LogP contribution in [0.4, 0.5) is 0 Å². The van der Waals surface area contributed by atoms with E-state index < -0.39 is 0 Å². The van der Waals surface area contributed by atoms with Gasteiger partial charge in [0.2, 0.25) is 5.90 Å². The highest BCUT2D eigenvalue weighted by Crippen LogP contribution is 1.82. The first-order chi connectivity index (χ1) is 4.35. The first kappa shape index (κ1) is 8.21. The van der Waals surface area contributed by atoms with Gasteiger partial charge in [-0.15, -0.1) is 0 Å². The third kappa shape index (κ3) is 3.76. The van der Waals surface area contributed by atoms with Crippen LogP contribution in [0.3, 0.4) is 0 Å². The van der Waals surface area contributed by atoms with Gasteiger partial charge in [-0.25, -0.2) is 0 Å². The second-order valence-electron chi connectivity index (χ2n) is 1.52. The highest BCUT2D eigenvalue weighted by molar-refractivity contribution is 5.87. The molecule has 0 unspecified atom stereocenters. The SMILES string of the molecule is C/C=C\C(=NCC)OC. The van der Waals surface area contributed by atoms with Gasteiger partial charge in [0.25, 0.3) is 0 Å². The lowest BCUT2D eigenvalue weighted by atomic mass is 10.5. The number of nitrogens with zero attached hydrogens (tertiary/aromatic N) is 1. The predicted octanol–water partition coefficient (Wildman–Crippen LogP) is 1.63. The Morgan fingerprint density at radius 1 is 1.67 bits per heavy atom. The van der Waals surface area contributed by atoms with Crippen molar-refractivity contribution in [2.75, 3.05) is 13.7 Å². The van der Waals surface area contributed by atoms with Gasteiger partial charge in [0.15, 0.2) is 0 Å². The summed E-state index contributed by atoms with van der Waals surface area (Å²) in [5, 5.41) is 0. The molecule has 0 aromatic rings. The van der Waals surface area contributed by atoms with Crippen LogP contribution in [0, 0.1) is 0 Å². The summed E-state index contributed by atoms with van der Waals surface area (Å²) < 4.78 is 4.89. The fraction of sp³-hybridized carbons (Fsp3) is 0.571. The Kier molecular flexibility index (Phi) is 4.88. The smallest absolute Gasteiger partial charge is 0.207 e. The van der Waals surface area contributed by atoms with Gasteiger partial charge in [-0.05, 0) is 19.9 Å². The molecule has 2 nitrogen and oxygen atoms in total. The molecule has 0 atom stereocenters. The van der Waals surface area contributed by atoms with Crippen LogP contribution >= 0.6 is 0 Å². The summed E-state index contributed by atoms with van der Waals surface area (Å²) in [5.74, 6) is 0.694. The molecule has 0 spiro atoms. The summed E-state index contributed by atoms with van der Waals surface area (Å²) in [6, 6.07) is 0. The summed E-state index contributed by atoms with van der Waals surface area (Å²) in [6.07, 6.45) is 3.74.